The van der Waals surface area contributed by atoms with E-state index in [1.54, 1.807) is 0 Å². The van der Waals surface area contributed by atoms with Gasteiger partial charge in [-0.3, -0.25) is 9.59 Å². The van der Waals surface area contributed by atoms with Crippen molar-refractivity contribution in [2.45, 2.75) is 64.3 Å². The van der Waals surface area contributed by atoms with Gasteiger partial charge in [-0.2, -0.15) is 0 Å². The number of fused-ring (bicyclic) bond motifs is 1. The maximum Gasteiger partial charge on any atom is 0.261 e. The summed E-state index contributed by atoms with van der Waals surface area (Å²) >= 11 is 1.47. The smallest absolute Gasteiger partial charge is 0.261 e. The number of likely N-dealkylation sites (tertiary alicyclic amines) is 1. The number of hydrogen-bond acceptors (Lipinski definition) is 4. The van der Waals surface area contributed by atoms with E-state index < -0.39 is 0 Å². The summed E-state index contributed by atoms with van der Waals surface area (Å²) in [5.41, 5.74) is 2.11. The number of para-hydroxylation sites is 2. The maximum atomic E-state index is 12.8. The van der Waals surface area contributed by atoms with Crippen molar-refractivity contribution in [1.29, 1.82) is 0 Å². The lowest BCUT2D eigenvalue weighted by Gasteiger charge is -2.20. The fraction of sp³-hybridized carbons (Fsp3) is 0.500. The molecule has 2 amide bonds. The topological polar surface area (TPSA) is 67.2 Å². The number of unbranched alkanes of at least 4 members (excludes halogenated alkanes) is 2. The molecule has 3 heterocycles. The number of nitrogens with zero attached hydrogens (tertiary/aromatic N) is 3. The molecule has 1 aliphatic rings. The van der Waals surface area contributed by atoms with Crippen LogP contribution in [0, 0.1) is 0 Å². The first-order valence-corrected chi connectivity index (χ1v) is 13.1. The molecule has 0 aliphatic carbocycles. The second kappa shape index (κ2) is 12.0. The minimum atomic E-state index is 0.0147. The molecule has 6 nitrogen and oxygen atoms in total. The van der Waals surface area contributed by atoms with E-state index in [0.717, 1.165) is 73.3 Å². The largest absolute Gasteiger partial charge is 0.351 e. The van der Waals surface area contributed by atoms with E-state index in [4.69, 9.17) is 4.98 Å². The van der Waals surface area contributed by atoms with Gasteiger partial charge >= 0.3 is 0 Å². The molecule has 7 heteroatoms. The van der Waals surface area contributed by atoms with Gasteiger partial charge in [0, 0.05) is 39.0 Å². The van der Waals surface area contributed by atoms with Crippen molar-refractivity contribution in [2.75, 3.05) is 19.6 Å². The van der Waals surface area contributed by atoms with Crippen LogP contribution in [0.25, 0.3) is 11.0 Å². The van der Waals surface area contributed by atoms with Gasteiger partial charge < -0.3 is 14.8 Å². The zero-order valence-corrected chi connectivity index (χ0v) is 20.1. The highest BCUT2D eigenvalue weighted by Gasteiger charge is 2.17. The van der Waals surface area contributed by atoms with Crippen LogP contribution in [0.3, 0.4) is 0 Å². The highest BCUT2D eigenvalue weighted by Crippen LogP contribution is 2.19. The number of aryl methyl sites for hydroxylation is 2. The van der Waals surface area contributed by atoms with Gasteiger partial charge in [0.15, 0.2) is 0 Å². The third kappa shape index (κ3) is 6.44. The molecule has 176 valence electrons. The summed E-state index contributed by atoms with van der Waals surface area (Å²) in [5, 5.41) is 4.91. The Kier molecular flexibility index (Phi) is 8.53. The summed E-state index contributed by atoms with van der Waals surface area (Å²) in [6.07, 6.45) is 9.12. The summed E-state index contributed by atoms with van der Waals surface area (Å²) in [6, 6.07) is 11.9. The van der Waals surface area contributed by atoms with E-state index in [0.29, 0.717) is 19.5 Å². The Morgan fingerprint density at radius 2 is 1.79 bits per heavy atom. The SMILES string of the molecule is O=C(NCCCCCc1nc2ccccc2n1CCC(=O)N1CCCCCC1)c1cccs1. The molecule has 0 unspecified atom stereocenters. The number of thiophene rings is 1. The number of aromatic nitrogens is 2. The molecular weight excluding hydrogens is 432 g/mol. The average Bonchev–Trinajstić information content (AvgIpc) is 3.40. The molecule has 1 aromatic carbocycles. The molecule has 1 N–H and O–H groups in total. The van der Waals surface area contributed by atoms with Crippen LogP contribution in [0.15, 0.2) is 41.8 Å². The van der Waals surface area contributed by atoms with Crippen LogP contribution < -0.4 is 5.32 Å². The minimum Gasteiger partial charge on any atom is -0.351 e. The van der Waals surface area contributed by atoms with Crippen molar-refractivity contribution in [3.8, 4) is 0 Å². The Morgan fingerprint density at radius 1 is 0.970 bits per heavy atom. The van der Waals surface area contributed by atoms with Crippen molar-refractivity contribution in [1.82, 2.24) is 19.8 Å². The van der Waals surface area contributed by atoms with Crippen LogP contribution >= 0.6 is 11.3 Å². The first kappa shape index (κ1) is 23.5. The molecule has 0 atom stereocenters. The van der Waals surface area contributed by atoms with Gasteiger partial charge in [-0.1, -0.05) is 37.5 Å². The molecule has 1 saturated heterocycles. The average molecular weight is 467 g/mol. The first-order chi connectivity index (χ1) is 16.2. The van der Waals surface area contributed by atoms with Crippen molar-refractivity contribution in [3.05, 3.63) is 52.5 Å². The van der Waals surface area contributed by atoms with Crippen LogP contribution in [0.4, 0.5) is 0 Å². The number of rotatable bonds is 10. The first-order valence-electron chi connectivity index (χ1n) is 12.3. The Morgan fingerprint density at radius 3 is 2.58 bits per heavy atom. The molecule has 3 aromatic rings. The Labute approximate surface area is 200 Å². The van der Waals surface area contributed by atoms with Crippen LogP contribution in [0.2, 0.25) is 0 Å². The summed E-state index contributed by atoms with van der Waals surface area (Å²) in [5.74, 6) is 1.34. The second-order valence-corrected chi connectivity index (χ2v) is 9.70. The Hall–Kier alpha value is -2.67. The molecule has 0 saturated carbocycles. The normalized spacial score (nSPS) is 14.4. The number of hydrogen-bond donors (Lipinski definition) is 1. The highest BCUT2D eigenvalue weighted by atomic mass is 32.1. The van der Waals surface area contributed by atoms with Crippen LogP contribution in [0.5, 0.6) is 0 Å². The molecule has 33 heavy (non-hydrogen) atoms. The Bertz CT molecular complexity index is 1040. The van der Waals surface area contributed by atoms with Gasteiger partial charge in [-0.25, -0.2) is 4.98 Å². The van der Waals surface area contributed by atoms with Gasteiger partial charge in [0.1, 0.15) is 5.82 Å². The third-order valence-electron chi connectivity index (χ3n) is 6.35. The number of carbonyl (C=O) groups excluding carboxylic acids is 2. The molecule has 2 aromatic heterocycles. The fourth-order valence-corrected chi connectivity index (χ4v) is 5.17. The number of benzene rings is 1. The van der Waals surface area contributed by atoms with Gasteiger partial charge in [0.05, 0.1) is 15.9 Å². The molecule has 1 aliphatic heterocycles. The van der Waals surface area contributed by atoms with Crippen molar-refractivity contribution >= 4 is 34.2 Å². The van der Waals surface area contributed by atoms with Crippen LogP contribution in [0.1, 0.15) is 66.9 Å². The molecule has 4 rings (SSSR count). The number of nitrogens with one attached hydrogen (secondary N) is 1. The zero-order valence-electron chi connectivity index (χ0n) is 19.3. The van der Waals surface area contributed by atoms with E-state index in [9.17, 15) is 9.59 Å². The lowest BCUT2D eigenvalue weighted by atomic mass is 10.2. The maximum absolute atomic E-state index is 12.8. The lowest BCUT2D eigenvalue weighted by molar-refractivity contribution is -0.131. The monoisotopic (exact) mass is 466 g/mol. The van der Waals surface area contributed by atoms with E-state index >= 15 is 0 Å². The molecule has 0 bridgehead atoms. The van der Waals surface area contributed by atoms with E-state index in [1.165, 1.54) is 24.2 Å². The molecule has 0 radical (unpaired) electrons. The van der Waals surface area contributed by atoms with Gasteiger partial charge in [0.2, 0.25) is 5.91 Å². The van der Waals surface area contributed by atoms with Crippen molar-refractivity contribution in [2.24, 2.45) is 0 Å². The van der Waals surface area contributed by atoms with Crippen molar-refractivity contribution < 1.29 is 9.59 Å². The standard InChI is InChI=1S/C26H34N4O2S/c31-25(29-17-8-1-2-9-18-29)15-19-30-22-12-6-5-11-21(22)28-24(30)14-4-3-7-16-27-26(32)23-13-10-20-33-23/h5-6,10-13,20H,1-4,7-9,14-19H2,(H,27,32). The quantitative estimate of drug-likeness (QED) is 0.426. The summed E-state index contributed by atoms with van der Waals surface area (Å²) in [4.78, 5) is 32.5. The second-order valence-electron chi connectivity index (χ2n) is 8.76. The third-order valence-corrected chi connectivity index (χ3v) is 7.22. The molecule has 1 fully saturated rings. The van der Waals surface area contributed by atoms with Gasteiger partial charge in [0.25, 0.3) is 5.91 Å². The van der Waals surface area contributed by atoms with E-state index in [-0.39, 0.29) is 11.8 Å². The van der Waals surface area contributed by atoms with E-state index in [2.05, 4.69) is 20.9 Å². The fourth-order valence-electron chi connectivity index (χ4n) is 4.53. The molecular formula is C26H34N4O2S. The van der Waals surface area contributed by atoms with Crippen molar-refractivity contribution in [3.63, 3.8) is 0 Å². The van der Waals surface area contributed by atoms with Crippen LogP contribution in [-0.2, 0) is 17.8 Å². The van der Waals surface area contributed by atoms with Crippen LogP contribution in [-0.4, -0.2) is 45.9 Å². The number of imidazole rings is 1. The summed E-state index contributed by atoms with van der Waals surface area (Å²) < 4.78 is 2.24. The van der Waals surface area contributed by atoms with Gasteiger partial charge in [-0.05, 0) is 49.3 Å². The predicted octanol–water partition coefficient (Wildman–Crippen LogP) is 5.03. The zero-order chi connectivity index (χ0) is 22.9. The highest BCUT2D eigenvalue weighted by molar-refractivity contribution is 7.12. The Balaban J connectivity index is 1.28. The lowest BCUT2D eigenvalue weighted by Crippen LogP contribution is -2.32. The van der Waals surface area contributed by atoms with E-state index in [1.807, 2.05) is 35.7 Å². The summed E-state index contributed by atoms with van der Waals surface area (Å²) in [7, 11) is 0. The summed E-state index contributed by atoms with van der Waals surface area (Å²) in [6.45, 7) is 3.18. The predicted molar refractivity (Wildman–Crippen MR) is 134 cm³/mol. The minimum absolute atomic E-state index is 0.0147. The number of carbonyl (C=O) groups is 2. The molecule has 0 spiro atoms. The number of amides is 2. The van der Waals surface area contributed by atoms with Gasteiger partial charge in [-0.15, -0.1) is 11.3 Å².